The van der Waals surface area contributed by atoms with E-state index in [1.165, 1.54) is 0 Å². The third-order valence-electron chi connectivity index (χ3n) is 2.67. The molecule has 0 aliphatic rings. The molecule has 5 heteroatoms. The number of anilines is 1. The summed E-state index contributed by atoms with van der Waals surface area (Å²) in [4.78, 5) is 11.9. The lowest BCUT2D eigenvalue weighted by Gasteiger charge is -2.08. The van der Waals surface area contributed by atoms with E-state index in [0.717, 1.165) is 17.7 Å². The molecule has 3 nitrogen and oxygen atoms in total. The summed E-state index contributed by atoms with van der Waals surface area (Å²) in [7, 11) is 1.57. The van der Waals surface area contributed by atoms with Crippen molar-refractivity contribution in [3.8, 4) is 0 Å². The molecule has 20 heavy (non-hydrogen) atoms. The molecule has 0 atom stereocenters. The monoisotopic (exact) mass is 277 g/mol. The number of halogens is 2. The van der Waals surface area contributed by atoms with Crippen LogP contribution in [0, 0.1) is 11.6 Å². The van der Waals surface area contributed by atoms with Gasteiger partial charge in [-0.3, -0.25) is 4.79 Å². The first-order valence-corrected chi connectivity index (χ1v) is 5.94. The van der Waals surface area contributed by atoms with Gasteiger partial charge in [-0.15, -0.1) is 0 Å². The van der Waals surface area contributed by atoms with Crippen LogP contribution in [0.2, 0.25) is 0 Å². The van der Waals surface area contributed by atoms with Crippen LogP contribution in [-0.4, -0.2) is 13.0 Å². The summed E-state index contributed by atoms with van der Waals surface area (Å²) in [5.74, 6) is -2.24. The summed E-state index contributed by atoms with van der Waals surface area (Å²) in [6.07, 6.45) is 0. The normalized spacial score (nSPS) is 10.3. The Morgan fingerprint density at radius 3 is 2.70 bits per heavy atom. The largest absolute Gasteiger partial charge is 0.380 e. The summed E-state index contributed by atoms with van der Waals surface area (Å²) in [5, 5.41) is 2.56. The highest BCUT2D eigenvalue weighted by Crippen LogP contribution is 2.15. The van der Waals surface area contributed by atoms with Crippen molar-refractivity contribution in [2.24, 2.45) is 0 Å². The second-order valence-corrected chi connectivity index (χ2v) is 4.21. The highest BCUT2D eigenvalue weighted by Gasteiger charge is 2.12. The van der Waals surface area contributed by atoms with Crippen molar-refractivity contribution >= 4 is 11.6 Å². The van der Waals surface area contributed by atoms with Crippen molar-refractivity contribution < 1.29 is 18.3 Å². The average Bonchev–Trinajstić information content (AvgIpc) is 2.39. The Morgan fingerprint density at radius 2 is 2.00 bits per heavy atom. The SMILES string of the molecule is COCc1cccc(NC(=O)c2ccc(F)cc2F)c1. The maximum atomic E-state index is 13.5. The molecule has 0 heterocycles. The predicted molar refractivity (Wildman–Crippen MR) is 71.5 cm³/mol. The van der Waals surface area contributed by atoms with Crippen molar-refractivity contribution in [3.05, 3.63) is 65.2 Å². The number of carbonyl (C=O) groups is 1. The third-order valence-corrected chi connectivity index (χ3v) is 2.67. The number of hydrogen-bond acceptors (Lipinski definition) is 2. The van der Waals surface area contributed by atoms with Gasteiger partial charge in [0, 0.05) is 18.9 Å². The van der Waals surface area contributed by atoms with Crippen LogP contribution in [0.25, 0.3) is 0 Å². The first-order valence-electron chi connectivity index (χ1n) is 5.94. The van der Waals surface area contributed by atoms with Crippen molar-refractivity contribution in [2.45, 2.75) is 6.61 Å². The summed E-state index contributed by atoms with van der Waals surface area (Å²) >= 11 is 0. The number of hydrogen-bond donors (Lipinski definition) is 1. The van der Waals surface area contributed by atoms with Crippen molar-refractivity contribution in [3.63, 3.8) is 0 Å². The van der Waals surface area contributed by atoms with Gasteiger partial charge in [0.05, 0.1) is 12.2 Å². The van der Waals surface area contributed by atoms with Crippen LogP contribution in [0.15, 0.2) is 42.5 Å². The van der Waals surface area contributed by atoms with E-state index in [9.17, 15) is 13.6 Å². The van der Waals surface area contributed by atoms with Gasteiger partial charge in [0.1, 0.15) is 11.6 Å². The molecule has 2 aromatic carbocycles. The Morgan fingerprint density at radius 1 is 1.20 bits per heavy atom. The standard InChI is InChI=1S/C15H13F2NO2/c1-20-9-10-3-2-4-12(7-10)18-15(19)13-6-5-11(16)8-14(13)17/h2-8H,9H2,1H3,(H,18,19). The number of rotatable bonds is 4. The molecule has 0 saturated carbocycles. The summed E-state index contributed by atoms with van der Waals surface area (Å²) in [5.41, 5.74) is 1.20. The minimum atomic E-state index is -0.893. The van der Waals surface area contributed by atoms with E-state index < -0.39 is 17.5 Å². The van der Waals surface area contributed by atoms with E-state index in [2.05, 4.69) is 5.32 Å². The van der Waals surface area contributed by atoms with E-state index >= 15 is 0 Å². The van der Waals surface area contributed by atoms with Crippen molar-refractivity contribution in [1.82, 2.24) is 0 Å². The summed E-state index contributed by atoms with van der Waals surface area (Å²) in [6.45, 7) is 0.411. The molecule has 0 unspecified atom stereocenters. The molecular formula is C15H13F2NO2. The van der Waals surface area contributed by atoms with Gasteiger partial charge in [0.25, 0.3) is 5.91 Å². The molecule has 104 valence electrons. The number of nitrogens with one attached hydrogen (secondary N) is 1. The van der Waals surface area contributed by atoms with Crippen LogP contribution in [0.1, 0.15) is 15.9 Å². The molecule has 1 N–H and O–H groups in total. The smallest absolute Gasteiger partial charge is 0.258 e. The average molecular weight is 277 g/mol. The Labute approximate surface area is 115 Å². The number of carbonyl (C=O) groups excluding carboxylic acids is 1. The number of methoxy groups -OCH3 is 1. The quantitative estimate of drug-likeness (QED) is 0.930. The Hall–Kier alpha value is -2.27. The lowest BCUT2D eigenvalue weighted by Crippen LogP contribution is -2.14. The first-order chi connectivity index (χ1) is 9.60. The zero-order valence-corrected chi connectivity index (χ0v) is 10.8. The fourth-order valence-electron chi connectivity index (χ4n) is 1.78. The van der Waals surface area contributed by atoms with E-state index in [1.54, 1.807) is 25.3 Å². The maximum Gasteiger partial charge on any atom is 0.258 e. The molecule has 2 rings (SSSR count). The van der Waals surface area contributed by atoms with Gasteiger partial charge in [0.15, 0.2) is 0 Å². The van der Waals surface area contributed by atoms with Crippen molar-refractivity contribution in [2.75, 3.05) is 12.4 Å². The molecule has 0 saturated heterocycles. The van der Waals surface area contributed by atoms with Crippen LogP contribution in [0.3, 0.4) is 0 Å². The van der Waals surface area contributed by atoms with Gasteiger partial charge in [-0.05, 0) is 29.8 Å². The molecule has 0 aliphatic carbocycles. The van der Waals surface area contributed by atoms with Gasteiger partial charge in [0.2, 0.25) is 0 Å². The van der Waals surface area contributed by atoms with Crippen LogP contribution < -0.4 is 5.32 Å². The fraction of sp³-hybridized carbons (Fsp3) is 0.133. The zero-order chi connectivity index (χ0) is 14.5. The molecule has 2 aromatic rings. The van der Waals surface area contributed by atoms with E-state index in [-0.39, 0.29) is 5.56 Å². The fourth-order valence-corrected chi connectivity index (χ4v) is 1.78. The number of amides is 1. The highest BCUT2D eigenvalue weighted by molar-refractivity contribution is 6.04. The van der Waals surface area contributed by atoms with Gasteiger partial charge in [-0.25, -0.2) is 8.78 Å². The highest BCUT2D eigenvalue weighted by atomic mass is 19.1. The third kappa shape index (κ3) is 3.39. The molecule has 0 bridgehead atoms. The summed E-state index contributed by atoms with van der Waals surface area (Å²) < 4.78 is 31.3. The van der Waals surface area contributed by atoms with Crippen molar-refractivity contribution in [1.29, 1.82) is 0 Å². The van der Waals surface area contributed by atoms with Crippen LogP contribution in [0.5, 0.6) is 0 Å². The second-order valence-electron chi connectivity index (χ2n) is 4.21. The zero-order valence-electron chi connectivity index (χ0n) is 10.8. The van der Waals surface area contributed by atoms with Crippen LogP contribution in [0.4, 0.5) is 14.5 Å². The van der Waals surface area contributed by atoms with E-state index in [1.807, 2.05) is 6.07 Å². The molecule has 1 amide bonds. The Bertz CT molecular complexity index is 629. The summed E-state index contributed by atoms with van der Waals surface area (Å²) in [6, 6.07) is 9.83. The van der Waals surface area contributed by atoms with Crippen LogP contribution in [-0.2, 0) is 11.3 Å². The Kier molecular flexibility index (Phi) is 4.42. The maximum absolute atomic E-state index is 13.5. The van der Waals surface area contributed by atoms with Gasteiger partial charge in [-0.2, -0.15) is 0 Å². The lowest BCUT2D eigenvalue weighted by atomic mass is 10.1. The molecule has 0 aromatic heterocycles. The molecular weight excluding hydrogens is 264 g/mol. The molecule has 0 spiro atoms. The van der Waals surface area contributed by atoms with Crippen LogP contribution >= 0.6 is 0 Å². The number of ether oxygens (including phenoxy) is 1. The number of benzene rings is 2. The predicted octanol–water partition coefficient (Wildman–Crippen LogP) is 3.36. The van der Waals surface area contributed by atoms with Gasteiger partial charge >= 0.3 is 0 Å². The molecule has 0 radical (unpaired) electrons. The molecule has 0 fully saturated rings. The van der Waals surface area contributed by atoms with Gasteiger partial charge in [-0.1, -0.05) is 12.1 Å². The topological polar surface area (TPSA) is 38.3 Å². The van der Waals surface area contributed by atoms with Gasteiger partial charge < -0.3 is 10.1 Å². The second kappa shape index (κ2) is 6.25. The minimum Gasteiger partial charge on any atom is -0.380 e. The molecule has 0 aliphatic heterocycles. The Balaban J connectivity index is 2.17. The van der Waals surface area contributed by atoms with E-state index in [4.69, 9.17) is 4.74 Å². The first kappa shape index (κ1) is 14.1. The lowest BCUT2D eigenvalue weighted by molar-refractivity contribution is 0.102. The van der Waals surface area contributed by atoms with E-state index in [0.29, 0.717) is 18.4 Å². The minimum absolute atomic E-state index is 0.205.